The van der Waals surface area contributed by atoms with E-state index < -0.39 is 5.97 Å². The third kappa shape index (κ3) is 3.53. The Morgan fingerprint density at radius 2 is 1.89 bits per heavy atom. The van der Waals surface area contributed by atoms with Gasteiger partial charge in [0.15, 0.2) is 0 Å². The van der Waals surface area contributed by atoms with Crippen LogP contribution in [0.1, 0.15) is 59.4 Å². The lowest BCUT2D eigenvalue weighted by Crippen LogP contribution is -2.35. The van der Waals surface area contributed by atoms with E-state index in [4.69, 9.17) is 5.11 Å². The first-order valence-electron chi connectivity index (χ1n) is 6.67. The Morgan fingerprint density at radius 3 is 2.53 bits per heavy atom. The van der Waals surface area contributed by atoms with Crippen molar-refractivity contribution in [1.29, 1.82) is 0 Å². The number of carbonyl (C=O) groups excluding carboxylic acids is 1. The fraction of sp³-hybridized carbons (Fsp3) is 0.500. The Bertz CT molecular complexity index is 466. The van der Waals surface area contributed by atoms with Gasteiger partial charge in [-0.3, -0.25) is 9.78 Å². The van der Waals surface area contributed by atoms with Gasteiger partial charge in [-0.1, -0.05) is 25.7 Å². The van der Waals surface area contributed by atoms with E-state index in [0.29, 0.717) is 0 Å². The maximum atomic E-state index is 12.1. The number of aromatic nitrogens is 1. The van der Waals surface area contributed by atoms with Gasteiger partial charge in [-0.05, 0) is 25.0 Å². The number of nitrogens with one attached hydrogen (secondary N) is 1. The van der Waals surface area contributed by atoms with Crippen LogP contribution in [0.25, 0.3) is 0 Å². The fourth-order valence-corrected chi connectivity index (χ4v) is 2.44. The highest BCUT2D eigenvalue weighted by molar-refractivity contribution is 6.03. The second kappa shape index (κ2) is 6.31. The van der Waals surface area contributed by atoms with Crippen molar-refractivity contribution in [3.8, 4) is 0 Å². The van der Waals surface area contributed by atoms with Crippen LogP contribution in [0.4, 0.5) is 0 Å². The Morgan fingerprint density at radius 1 is 1.21 bits per heavy atom. The third-order valence-corrected chi connectivity index (χ3v) is 3.44. The molecule has 0 radical (unpaired) electrons. The molecule has 2 rings (SSSR count). The molecule has 1 aliphatic carbocycles. The summed E-state index contributed by atoms with van der Waals surface area (Å²) in [4.78, 5) is 27.1. The van der Waals surface area contributed by atoms with Gasteiger partial charge < -0.3 is 10.4 Å². The van der Waals surface area contributed by atoms with E-state index in [1.165, 1.54) is 31.2 Å². The van der Waals surface area contributed by atoms with Crippen molar-refractivity contribution in [1.82, 2.24) is 10.3 Å². The van der Waals surface area contributed by atoms with Crippen LogP contribution >= 0.6 is 0 Å². The molecule has 0 atom stereocenters. The highest BCUT2D eigenvalue weighted by atomic mass is 16.4. The van der Waals surface area contributed by atoms with Gasteiger partial charge in [0.05, 0.1) is 5.56 Å². The molecular formula is C14H18N2O3. The van der Waals surface area contributed by atoms with Crippen LogP contribution in [0.3, 0.4) is 0 Å². The van der Waals surface area contributed by atoms with Crippen molar-refractivity contribution in [3.05, 3.63) is 29.6 Å². The van der Waals surface area contributed by atoms with Gasteiger partial charge in [-0.15, -0.1) is 0 Å². The van der Waals surface area contributed by atoms with Crippen molar-refractivity contribution in [2.24, 2.45) is 0 Å². The number of aromatic carboxylic acids is 1. The SMILES string of the molecule is O=C(O)c1cccnc1C(=O)NC1CCCCCC1. The van der Waals surface area contributed by atoms with E-state index in [-0.39, 0.29) is 23.2 Å². The lowest BCUT2D eigenvalue weighted by Gasteiger charge is -2.16. The zero-order valence-corrected chi connectivity index (χ0v) is 10.8. The normalized spacial score (nSPS) is 16.6. The van der Waals surface area contributed by atoms with Crippen LogP contribution in [-0.4, -0.2) is 28.0 Å². The molecule has 2 N–H and O–H groups in total. The highest BCUT2D eigenvalue weighted by Crippen LogP contribution is 2.17. The second-order valence-corrected chi connectivity index (χ2v) is 4.87. The Balaban J connectivity index is 2.09. The van der Waals surface area contributed by atoms with Crippen molar-refractivity contribution in [3.63, 3.8) is 0 Å². The lowest BCUT2D eigenvalue weighted by molar-refractivity contribution is 0.0689. The van der Waals surface area contributed by atoms with E-state index in [2.05, 4.69) is 10.3 Å². The van der Waals surface area contributed by atoms with Crippen LogP contribution in [0.15, 0.2) is 18.3 Å². The molecule has 5 nitrogen and oxygen atoms in total. The smallest absolute Gasteiger partial charge is 0.338 e. The summed E-state index contributed by atoms with van der Waals surface area (Å²) in [6.45, 7) is 0. The lowest BCUT2D eigenvalue weighted by atomic mass is 10.1. The topological polar surface area (TPSA) is 79.3 Å². The minimum Gasteiger partial charge on any atom is -0.478 e. The quantitative estimate of drug-likeness (QED) is 0.819. The molecule has 1 amide bonds. The molecule has 0 spiro atoms. The minimum absolute atomic E-state index is 0.000697. The summed E-state index contributed by atoms with van der Waals surface area (Å²) in [7, 11) is 0. The number of pyridine rings is 1. The highest BCUT2D eigenvalue weighted by Gasteiger charge is 2.21. The predicted molar refractivity (Wildman–Crippen MR) is 70.2 cm³/mol. The number of amides is 1. The zero-order valence-electron chi connectivity index (χ0n) is 10.8. The average Bonchev–Trinajstić information content (AvgIpc) is 2.67. The number of rotatable bonds is 3. The molecule has 0 aliphatic heterocycles. The van der Waals surface area contributed by atoms with Crippen molar-refractivity contribution in [2.75, 3.05) is 0 Å². The van der Waals surface area contributed by atoms with Crippen LogP contribution in [0.5, 0.6) is 0 Å². The first-order chi connectivity index (χ1) is 9.18. The molecule has 0 aromatic carbocycles. The maximum absolute atomic E-state index is 12.1. The first kappa shape index (κ1) is 13.5. The van der Waals surface area contributed by atoms with Gasteiger partial charge in [-0.2, -0.15) is 0 Å². The largest absolute Gasteiger partial charge is 0.478 e. The zero-order chi connectivity index (χ0) is 13.7. The Kier molecular flexibility index (Phi) is 4.49. The van der Waals surface area contributed by atoms with E-state index in [1.54, 1.807) is 0 Å². The fourth-order valence-electron chi connectivity index (χ4n) is 2.44. The van der Waals surface area contributed by atoms with Crippen molar-refractivity contribution < 1.29 is 14.7 Å². The molecule has 1 heterocycles. The van der Waals surface area contributed by atoms with Gasteiger partial charge in [0.1, 0.15) is 5.69 Å². The summed E-state index contributed by atoms with van der Waals surface area (Å²) in [6, 6.07) is 3.06. The van der Waals surface area contributed by atoms with Crippen LogP contribution < -0.4 is 5.32 Å². The maximum Gasteiger partial charge on any atom is 0.338 e. The molecule has 19 heavy (non-hydrogen) atoms. The summed E-state index contributed by atoms with van der Waals surface area (Å²) in [6.07, 6.45) is 7.99. The van der Waals surface area contributed by atoms with Gasteiger partial charge in [0.25, 0.3) is 5.91 Å². The molecule has 0 unspecified atom stereocenters. The summed E-state index contributed by atoms with van der Waals surface area (Å²) in [5.41, 5.74) is -0.0483. The molecule has 1 fully saturated rings. The minimum atomic E-state index is -1.13. The summed E-state index contributed by atoms with van der Waals surface area (Å²) < 4.78 is 0. The molecule has 0 saturated heterocycles. The van der Waals surface area contributed by atoms with Gasteiger partial charge >= 0.3 is 5.97 Å². The number of hydrogen-bond acceptors (Lipinski definition) is 3. The summed E-state index contributed by atoms with van der Waals surface area (Å²) in [5, 5.41) is 12.0. The molecule has 1 saturated carbocycles. The molecule has 102 valence electrons. The number of carboxylic acids is 1. The molecular weight excluding hydrogens is 244 g/mol. The summed E-state index contributed by atoms with van der Waals surface area (Å²) >= 11 is 0. The van der Waals surface area contributed by atoms with Gasteiger partial charge in [0.2, 0.25) is 0 Å². The van der Waals surface area contributed by atoms with E-state index >= 15 is 0 Å². The Hall–Kier alpha value is -1.91. The molecule has 1 aromatic rings. The standard InChI is InChI=1S/C14H18N2O3/c17-13(16-10-6-3-1-2-4-7-10)12-11(14(18)19)8-5-9-15-12/h5,8-10H,1-4,6-7H2,(H,16,17)(H,18,19). The monoisotopic (exact) mass is 262 g/mol. The van der Waals surface area contributed by atoms with Crippen molar-refractivity contribution >= 4 is 11.9 Å². The van der Waals surface area contributed by atoms with E-state index in [1.807, 2.05) is 0 Å². The Labute approximate surface area is 112 Å². The van der Waals surface area contributed by atoms with Crippen LogP contribution in [0.2, 0.25) is 0 Å². The van der Waals surface area contributed by atoms with Gasteiger partial charge in [-0.25, -0.2) is 4.79 Å². The van der Waals surface area contributed by atoms with E-state index in [0.717, 1.165) is 25.7 Å². The summed E-state index contributed by atoms with van der Waals surface area (Å²) in [5.74, 6) is -1.51. The molecule has 0 bridgehead atoms. The number of carbonyl (C=O) groups is 2. The molecule has 1 aliphatic rings. The van der Waals surface area contributed by atoms with Crippen LogP contribution in [-0.2, 0) is 0 Å². The molecule has 1 aromatic heterocycles. The van der Waals surface area contributed by atoms with E-state index in [9.17, 15) is 9.59 Å². The number of hydrogen-bond donors (Lipinski definition) is 2. The number of nitrogens with zero attached hydrogens (tertiary/aromatic N) is 1. The number of carboxylic acid groups (broad SMARTS) is 1. The third-order valence-electron chi connectivity index (χ3n) is 3.44. The van der Waals surface area contributed by atoms with Crippen molar-refractivity contribution in [2.45, 2.75) is 44.6 Å². The molecule has 5 heteroatoms. The van der Waals surface area contributed by atoms with Gasteiger partial charge in [0, 0.05) is 12.2 Å². The second-order valence-electron chi connectivity index (χ2n) is 4.87. The van der Waals surface area contributed by atoms with Crippen LogP contribution in [0, 0.1) is 0 Å². The average molecular weight is 262 g/mol. The predicted octanol–water partition coefficient (Wildman–Crippen LogP) is 2.23. The first-order valence-corrected chi connectivity index (χ1v) is 6.67.